The van der Waals surface area contributed by atoms with E-state index in [0.29, 0.717) is 23.9 Å². The van der Waals surface area contributed by atoms with Gasteiger partial charge in [0.15, 0.2) is 0 Å². The first-order valence-corrected chi connectivity index (χ1v) is 6.82. The summed E-state index contributed by atoms with van der Waals surface area (Å²) in [5.74, 6) is 1.12. The van der Waals surface area contributed by atoms with E-state index in [-0.39, 0.29) is 5.56 Å². The van der Waals surface area contributed by atoms with E-state index in [4.69, 9.17) is 10.00 Å². The summed E-state index contributed by atoms with van der Waals surface area (Å²) in [7, 11) is 0. The third-order valence-electron chi connectivity index (χ3n) is 3.01. The molecule has 22 heavy (non-hydrogen) atoms. The summed E-state index contributed by atoms with van der Waals surface area (Å²) in [6.45, 7) is 5.94. The smallest absolute Gasteiger partial charge is 0.269 e. The second-order valence-corrected chi connectivity index (χ2v) is 4.70. The summed E-state index contributed by atoms with van der Waals surface area (Å²) in [5, 5.41) is 8.90. The van der Waals surface area contributed by atoms with Crippen molar-refractivity contribution in [1.29, 1.82) is 5.26 Å². The fourth-order valence-electron chi connectivity index (χ4n) is 1.98. The first kappa shape index (κ1) is 15.4. The normalized spacial score (nSPS) is 11.1. The lowest BCUT2D eigenvalue weighted by molar-refractivity contribution is 0.339. The van der Waals surface area contributed by atoms with Crippen LogP contribution < -0.4 is 10.3 Å². The molecule has 2 heterocycles. The number of rotatable bonds is 4. The molecule has 0 amide bonds. The number of aromatic amines is 1. The van der Waals surface area contributed by atoms with Gasteiger partial charge >= 0.3 is 0 Å². The van der Waals surface area contributed by atoms with E-state index in [1.54, 1.807) is 19.3 Å². The Morgan fingerprint density at radius 2 is 2.27 bits per heavy atom. The molecule has 0 aliphatic carbocycles. The number of pyridine rings is 1. The average Bonchev–Trinajstić information content (AvgIpc) is 2.47. The van der Waals surface area contributed by atoms with Crippen molar-refractivity contribution < 1.29 is 4.74 Å². The summed E-state index contributed by atoms with van der Waals surface area (Å²) in [4.78, 5) is 22.8. The summed E-state index contributed by atoms with van der Waals surface area (Å²) in [6.07, 6.45) is 5.18. The molecule has 2 aromatic rings. The summed E-state index contributed by atoms with van der Waals surface area (Å²) < 4.78 is 5.40. The highest BCUT2D eigenvalue weighted by Crippen LogP contribution is 2.17. The average molecular weight is 296 g/mol. The quantitative estimate of drug-likeness (QED) is 0.934. The molecule has 2 aromatic heterocycles. The van der Waals surface area contributed by atoms with Crippen molar-refractivity contribution in [1.82, 2.24) is 15.0 Å². The molecule has 6 heteroatoms. The third kappa shape index (κ3) is 3.38. The van der Waals surface area contributed by atoms with Crippen molar-refractivity contribution in [2.75, 3.05) is 6.61 Å². The van der Waals surface area contributed by atoms with Crippen molar-refractivity contribution >= 4 is 11.6 Å². The molecule has 0 fully saturated rings. The van der Waals surface area contributed by atoms with Gasteiger partial charge in [-0.2, -0.15) is 5.26 Å². The summed E-state index contributed by atoms with van der Waals surface area (Å²) >= 11 is 0. The lowest BCUT2D eigenvalue weighted by Gasteiger charge is -2.05. The van der Waals surface area contributed by atoms with E-state index in [9.17, 15) is 4.79 Å². The molecule has 0 atom stereocenters. The molecule has 112 valence electrons. The Bertz CT molecular complexity index is 816. The number of aryl methyl sites for hydroxylation is 1. The number of ether oxygens (including phenoxy) is 1. The Morgan fingerprint density at radius 3 is 2.91 bits per heavy atom. The first-order chi connectivity index (χ1) is 10.5. The van der Waals surface area contributed by atoms with Gasteiger partial charge in [-0.15, -0.1) is 0 Å². The fraction of sp³-hybridized carbons (Fsp3) is 0.250. The molecule has 0 aliphatic rings. The van der Waals surface area contributed by atoms with Crippen molar-refractivity contribution in [3.05, 3.63) is 51.5 Å². The molecular weight excluding hydrogens is 280 g/mol. The van der Waals surface area contributed by atoms with Gasteiger partial charge in [-0.05, 0) is 44.1 Å². The van der Waals surface area contributed by atoms with Crippen LogP contribution in [0.4, 0.5) is 0 Å². The lowest BCUT2D eigenvalue weighted by atomic mass is 10.1. The highest BCUT2D eigenvalue weighted by molar-refractivity contribution is 5.77. The number of aromatic nitrogens is 3. The Balaban J connectivity index is 2.39. The number of H-pyrrole nitrogens is 1. The Morgan fingerprint density at radius 1 is 1.50 bits per heavy atom. The Hall–Kier alpha value is -2.94. The van der Waals surface area contributed by atoms with E-state index in [1.165, 1.54) is 0 Å². The van der Waals surface area contributed by atoms with Crippen LogP contribution in [0.2, 0.25) is 0 Å². The van der Waals surface area contributed by atoms with Crippen molar-refractivity contribution in [3.63, 3.8) is 0 Å². The summed E-state index contributed by atoms with van der Waals surface area (Å²) in [6, 6.07) is 3.70. The van der Waals surface area contributed by atoms with E-state index < -0.39 is 5.56 Å². The predicted octanol–water partition coefficient (Wildman–Crippen LogP) is 2.30. The monoisotopic (exact) mass is 296 g/mol. The second kappa shape index (κ2) is 6.68. The molecule has 6 nitrogen and oxygen atoms in total. The Kier molecular flexibility index (Phi) is 4.69. The maximum atomic E-state index is 11.8. The van der Waals surface area contributed by atoms with Crippen molar-refractivity contribution in [2.45, 2.75) is 20.8 Å². The zero-order valence-electron chi connectivity index (χ0n) is 12.7. The van der Waals surface area contributed by atoms with Crippen LogP contribution in [0, 0.1) is 18.3 Å². The molecule has 0 aromatic carbocycles. The molecule has 2 rings (SSSR count). The van der Waals surface area contributed by atoms with Gasteiger partial charge in [-0.3, -0.25) is 9.78 Å². The molecule has 0 radical (unpaired) electrons. The van der Waals surface area contributed by atoms with Crippen molar-refractivity contribution in [2.24, 2.45) is 0 Å². The van der Waals surface area contributed by atoms with Gasteiger partial charge in [0.1, 0.15) is 23.2 Å². The highest BCUT2D eigenvalue weighted by atomic mass is 16.5. The Labute approximate surface area is 128 Å². The second-order valence-electron chi connectivity index (χ2n) is 4.70. The molecule has 0 aliphatic heterocycles. The fourth-order valence-corrected chi connectivity index (χ4v) is 1.98. The van der Waals surface area contributed by atoms with Gasteiger partial charge in [-0.1, -0.05) is 0 Å². The maximum absolute atomic E-state index is 11.8. The standard InChI is InChI=1S/C16H16N4O2/c1-4-22-13-6-12(8-18-9-13)5-10(2)15-19-11(3)14(7-17)16(21)20-15/h5-6,8-9H,4H2,1-3H3,(H,19,20,21)/b10-5+. The van der Waals surface area contributed by atoms with E-state index in [1.807, 2.05) is 32.1 Å². The van der Waals surface area contributed by atoms with Gasteiger partial charge in [0.25, 0.3) is 5.56 Å². The van der Waals surface area contributed by atoms with Gasteiger partial charge in [0.2, 0.25) is 0 Å². The topological polar surface area (TPSA) is 91.7 Å². The molecule has 0 saturated heterocycles. The minimum atomic E-state index is -0.432. The molecule has 0 unspecified atom stereocenters. The van der Waals surface area contributed by atoms with Crippen LogP contribution in [-0.2, 0) is 0 Å². The lowest BCUT2D eigenvalue weighted by Crippen LogP contribution is -2.16. The minimum Gasteiger partial charge on any atom is -0.492 e. The van der Waals surface area contributed by atoms with Crippen LogP contribution in [0.3, 0.4) is 0 Å². The SMILES string of the molecule is CCOc1cncc(/C=C(\C)c2nc(C)c(C#N)c(=O)[nH]2)c1. The van der Waals surface area contributed by atoms with Crippen LogP contribution in [0.5, 0.6) is 5.75 Å². The number of nitrogens with one attached hydrogen (secondary N) is 1. The molecule has 0 bridgehead atoms. The number of hydrogen-bond acceptors (Lipinski definition) is 5. The van der Waals surface area contributed by atoms with E-state index in [2.05, 4.69) is 15.0 Å². The van der Waals surface area contributed by atoms with Crippen LogP contribution in [0.1, 0.15) is 36.5 Å². The van der Waals surface area contributed by atoms with Crippen LogP contribution >= 0.6 is 0 Å². The van der Waals surface area contributed by atoms with E-state index in [0.717, 1.165) is 11.1 Å². The van der Waals surface area contributed by atoms with Gasteiger partial charge in [0.05, 0.1) is 18.5 Å². The molecule has 0 saturated carbocycles. The van der Waals surface area contributed by atoms with Gasteiger partial charge in [0, 0.05) is 6.20 Å². The number of hydrogen-bond donors (Lipinski definition) is 1. The third-order valence-corrected chi connectivity index (χ3v) is 3.01. The highest BCUT2D eigenvalue weighted by Gasteiger charge is 2.08. The van der Waals surface area contributed by atoms with Crippen LogP contribution in [-0.4, -0.2) is 21.6 Å². The van der Waals surface area contributed by atoms with Crippen LogP contribution in [0.15, 0.2) is 23.3 Å². The predicted molar refractivity (Wildman–Crippen MR) is 83.3 cm³/mol. The molecule has 0 spiro atoms. The van der Waals surface area contributed by atoms with Crippen LogP contribution in [0.25, 0.3) is 11.6 Å². The van der Waals surface area contributed by atoms with E-state index >= 15 is 0 Å². The number of allylic oxidation sites excluding steroid dienone is 1. The summed E-state index contributed by atoms with van der Waals surface area (Å²) in [5.41, 5.74) is 1.62. The largest absolute Gasteiger partial charge is 0.492 e. The zero-order valence-corrected chi connectivity index (χ0v) is 12.7. The molecule has 1 N–H and O–H groups in total. The minimum absolute atomic E-state index is 0.0385. The first-order valence-electron chi connectivity index (χ1n) is 6.82. The van der Waals surface area contributed by atoms with Gasteiger partial charge < -0.3 is 9.72 Å². The number of nitrogens with zero attached hydrogens (tertiary/aromatic N) is 3. The number of nitriles is 1. The van der Waals surface area contributed by atoms with Gasteiger partial charge in [-0.25, -0.2) is 4.98 Å². The van der Waals surface area contributed by atoms with Crippen molar-refractivity contribution in [3.8, 4) is 11.8 Å². The maximum Gasteiger partial charge on any atom is 0.269 e. The zero-order chi connectivity index (χ0) is 16.1. The molecular formula is C16H16N4O2.